The van der Waals surface area contributed by atoms with Crippen molar-refractivity contribution in [1.29, 1.82) is 0 Å². The van der Waals surface area contributed by atoms with Gasteiger partial charge in [0.25, 0.3) is 0 Å². The summed E-state index contributed by atoms with van der Waals surface area (Å²) in [4.78, 5) is 26.1. The Bertz CT molecular complexity index is 669. The second-order valence-electron chi connectivity index (χ2n) is 5.16. The van der Waals surface area contributed by atoms with Gasteiger partial charge in [-0.05, 0) is 50.2 Å². The molecule has 0 heterocycles. The molecular formula is C19H22N2O3. The van der Waals surface area contributed by atoms with Crippen molar-refractivity contribution < 1.29 is 14.3 Å². The van der Waals surface area contributed by atoms with Gasteiger partial charge in [0.15, 0.2) is 0 Å². The third-order valence-electron chi connectivity index (χ3n) is 3.45. The Kier molecular flexibility index (Phi) is 6.37. The van der Waals surface area contributed by atoms with Crippen molar-refractivity contribution in [3.8, 4) is 5.75 Å². The Morgan fingerprint density at radius 3 is 2.25 bits per heavy atom. The van der Waals surface area contributed by atoms with Gasteiger partial charge in [0.2, 0.25) is 11.8 Å². The number of nitrogens with zero attached hydrogens (tertiary/aromatic N) is 1. The molecule has 2 aromatic carbocycles. The zero-order valence-electron chi connectivity index (χ0n) is 14.0. The van der Waals surface area contributed by atoms with Crippen LogP contribution >= 0.6 is 0 Å². The van der Waals surface area contributed by atoms with Crippen LogP contribution < -0.4 is 15.0 Å². The van der Waals surface area contributed by atoms with Crippen LogP contribution in [0, 0.1) is 0 Å². The fourth-order valence-electron chi connectivity index (χ4n) is 2.35. The second-order valence-corrected chi connectivity index (χ2v) is 5.16. The summed E-state index contributed by atoms with van der Waals surface area (Å²) >= 11 is 0. The number of carbonyl (C=O) groups is 2. The smallest absolute Gasteiger partial charge is 0.236 e. The van der Waals surface area contributed by atoms with Crippen LogP contribution in [0.4, 0.5) is 11.4 Å². The lowest BCUT2D eigenvalue weighted by atomic mass is 10.2. The maximum atomic E-state index is 12.4. The molecule has 0 aliphatic carbocycles. The molecule has 5 heteroatoms. The summed E-state index contributed by atoms with van der Waals surface area (Å²) in [6.07, 6.45) is -0.198. The van der Waals surface area contributed by atoms with Gasteiger partial charge in [-0.2, -0.15) is 0 Å². The number of para-hydroxylation sites is 1. The first-order chi connectivity index (χ1) is 11.6. The van der Waals surface area contributed by atoms with Crippen LogP contribution in [0.2, 0.25) is 0 Å². The second kappa shape index (κ2) is 8.72. The Morgan fingerprint density at radius 1 is 1.00 bits per heavy atom. The molecule has 2 aromatic rings. The molecule has 0 unspecified atom stereocenters. The van der Waals surface area contributed by atoms with E-state index in [2.05, 4.69) is 5.32 Å². The molecule has 5 nitrogen and oxygen atoms in total. The van der Waals surface area contributed by atoms with Crippen molar-refractivity contribution in [3.63, 3.8) is 0 Å². The van der Waals surface area contributed by atoms with Crippen LogP contribution in [0.5, 0.6) is 5.75 Å². The maximum absolute atomic E-state index is 12.4. The summed E-state index contributed by atoms with van der Waals surface area (Å²) in [7, 11) is 0. The zero-order valence-corrected chi connectivity index (χ0v) is 14.0. The molecule has 2 rings (SSSR count). The van der Waals surface area contributed by atoms with Gasteiger partial charge >= 0.3 is 0 Å². The molecule has 0 fully saturated rings. The van der Waals surface area contributed by atoms with E-state index in [0.717, 1.165) is 11.4 Å². The van der Waals surface area contributed by atoms with Crippen molar-refractivity contribution in [2.75, 3.05) is 23.4 Å². The Balaban J connectivity index is 1.94. The van der Waals surface area contributed by atoms with Gasteiger partial charge in [0.1, 0.15) is 12.2 Å². The van der Waals surface area contributed by atoms with Gasteiger partial charge in [0.05, 0.1) is 6.61 Å². The summed E-state index contributed by atoms with van der Waals surface area (Å²) in [5.74, 6) is 0.179. The van der Waals surface area contributed by atoms with E-state index in [1.807, 2.05) is 44.2 Å². The molecule has 24 heavy (non-hydrogen) atoms. The SMILES string of the molecule is CCOc1ccc(NC(=O)CC(=O)N(CC)c2ccccc2)cc1. The number of rotatable bonds is 7. The van der Waals surface area contributed by atoms with E-state index in [0.29, 0.717) is 18.8 Å². The minimum atomic E-state index is -0.335. The lowest BCUT2D eigenvalue weighted by molar-refractivity contribution is -0.125. The highest BCUT2D eigenvalue weighted by molar-refractivity contribution is 6.09. The predicted molar refractivity (Wildman–Crippen MR) is 95.3 cm³/mol. The summed E-state index contributed by atoms with van der Waals surface area (Å²) in [5, 5.41) is 2.73. The minimum Gasteiger partial charge on any atom is -0.494 e. The van der Waals surface area contributed by atoms with Gasteiger partial charge in [-0.25, -0.2) is 0 Å². The lowest BCUT2D eigenvalue weighted by Crippen LogP contribution is -2.33. The summed E-state index contributed by atoms with van der Waals surface area (Å²) in [6, 6.07) is 16.4. The van der Waals surface area contributed by atoms with Crippen LogP contribution in [0.25, 0.3) is 0 Å². The van der Waals surface area contributed by atoms with Crippen molar-refractivity contribution >= 4 is 23.2 Å². The molecule has 0 bridgehead atoms. The summed E-state index contributed by atoms with van der Waals surface area (Å²) < 4.78 is 5.35. The predicted octanol–water partition coefficient (Wildman–Crippen LogP) is 3.47. The van der Waals surface area contributed by atoms with Gasteiger partial charge in [-0.3, -0.25) is 9.59 Å². The number of anilines is 2. The fourth-order valence-corrected chi connectivity index (χ4v) is 2.35. The van der Waals surface area contributed by atoms with Crippen LogP contribution in [0.15, 0.2) is 54.6 Å². The number of ether oxygens (including phenoxy) is 1. The Morgan fingerprint density at radius 2 is 1.67 bits per heavy atom. The number of benzene rings is 2. The van der Waals surface area contributed by atoms with Gasteiger partial charge in [0, 0.05) is 17.9 Å². The van der Waals surface area contributed by atoms with E-state index < -0.39 is 0 Å². The van der Waals surface area contributed by atoms with Crippen LogP contribution in [0.3, 0.4) is 0 Å². The van der Waals surface area contributed by atoms with Crippen molar-refractivity contribution in [1.82, 2.24) is 0 Å². The first-order valence-electron chi connectivity index (χ1n) is 8.02. The fraction of sp³-hybridized carbons (Fsp3) is 0.263. The quantitative estimate of drug-likeness (QED) is 0.793. The van der Waals surface area contributed by atoms with Crippen LogP contribution in [-0.4, -0.2) is 25.0 Å². The third-order valence-corrected chi connectivity index (χ3v) is 3.45. The zero-order chi connectivity index (χ0) is 17.4. The molecule has 0 aromatic heterocycles. The number of hydrogen-bond acceptors (Lipinski definition) is 3. The average Bonchev–Trinajstić information content (AvgIpc) is 2.58. The molecule has 0 aliphatic rings. The number of nitrogens with one attached hydrogen (secondary N) is 1. The summed E-state index contributed by atoms with van der Waals surface area (Å²) in [5.41, 5.74) is 1.43. The number of hydrogen-bond donors (Lipinski definition) is 1. The van der Waals surface area contributed by atoms with E-state index in [1.165, 1.54) is 0 Å². The molecule has 0 saturated carbocycles. The largest absolute Gasteiger partial charge is 0.494 e. The summed E-state index contributed by atoms with van der Waals surface area (Å²) in [6.45, 7) is 4.90. The van der Waals surface area contributed by atoms with E-state index in [1.54, 1.807) is 29.2 Å². The van der Waals surface area contributed by atoms with Crippen molar-refractivity contribution in [2.45, 2.75) is 20.3 Å². The first kappa shape index (κ1) is 17.5. The molecule has 0 saturated heterocycles. The van der Waals surface area contributed by atoms with Gasteiger partial charge in [-0.15, -0.1) is 0 Å². The molecule has 126 valence electrons. The molecule has 0 atom stereocenters. The standard InChI is InChI=1S/C19H22N2O3/c1-3-21(16-8-6-5-7-9-16)19(23)14-18(22)20-15-10-12-17(13-11-15)24-4-2/h5-13H,3-4,14H2,1-2H3,(H,20,22). The Hall–Kier alpha value is -2.82. The third kappa shape index (κ3) is 4.84. The molecule has 2 amide bonds. The topological polar surface area (TPSA) is 58.6 Å². The highest BCUT2D eigenvalue weighted by atomic mass is 16.5. The van der Waals surface area contributed by atoms with Gasteiger partial charge < -0.3 is 15.0 Å². The van der Waals surface area contributed by atoms with Crippen LogP contribution in [-0.2, 0) is 9.59 Å². The highest BCUT2D eigenvalue weighted by Crippen LogP contribution is 2.17. The van der Waals surface area contributed by atoms with E-state index >= 15 is 0 Å². The van der Waals surface area contributed by atoms with E-state index in [-0.39, 0.29) is 18.2 Å². The highest BCUT2D eigenvalue weighted by Gasteiger charge is 2.17. The molecule has 0 spiro atoms. The van der Waals surface area contributed by atoms with E-state index in [9.17, 15) is 9.59 Å². The molecule has 1 N–H and O–H groups in total. The number of amides is 2. The maximum Gasteiger partial charge on any atom is 0.236 e. The average molecular weight is 326 g/mol. The van der Waals surface area contributed by atoms with E-state index in [4.69, 9.17) is 4.74 Å². The monoisotopic (exact) mass is 326 g/mol. The van der Waals surface area contributed by atoms with Crippen LogP contribution in [0.1, 0.15) is 20.3 Å². The molecule has 0 aliphatic heterocycles. The van der Waals surface area contributed by atoms with Crippen molar-refractivity contribution in [2.24, 2.45) is 0 Å². The first-order valence-corrected chi connectivity index (χ1v) is 8.02. The Labute approximate surface area is 142 Å². The van der Waals surface area contributed by atoms with Crippen molar-refractivity contribution in [3.05, 3.63) is 54.6 Å². The normalized spacial score (nSPS) is 10.1. The molecular weight excluding hydrogens is 304 g/mol. The molecule has 0 radical (unpaired) electrons. The lowest BCUT2D eigenvalue weighted by Gasteiger charge is -2.20. The minimum absolute atomic E-state index is 0.198. The van der Waals surface area contributed by atoms with Gasteiger partial charge in [-0.1, -0.05) is 18.2 Å². The number of carbonyl (C=O) groups excluding carboxylic acids is 2.